The minimum atomic E-state index is -4.18. The number of sulfonamides is 1. The van der Waals surface area contributed by atoms with Crippen molar-refractivity contribution in [3.63, 3.8) is 0 Å². The number of carbonyl (C=O) groups is 2. The van der Waals surface area contributed by atoms with E-state index in [1.54, 1.807) is 68.4 Å². The van der Waals surface area contributed by atoms with E-state index in [1.807, 2.05) is 6.92 Å². The van der Waals surface area contributed by atoms with Gasteiger partial charge in [-0.1, -0.05) is 65.2 Å². The first kappa shape index (κ1) is 28.5. The molecule has 1 atom stereocenters. The van der Waals surface area contributed by atoms with Crippen molar-refractivity contribution in [2.24, 2.45) is 0 Å². The number of aryl methyl sites for hydroxylation is 1. The molecule has 0 spiro atoms. The van der Waals surface area contributed by atoms with Gasteiger partial charge in [0.25, 0.3) is 10.0 Å². The minimum absolute atomic E-state index is 0.0176. The molecule has 3 aromatic rings. The standard InChI is InChI=1S/C27H29Cl2N3O4S/c1-4-30-27(34)20(3)31(17-21-8-7-9-22(28)16-21)26(33)18-32(25-11-6-5-10-24(25)29)37(35,36)23-14-12-19(2)13-15-23/h5-16,20H,4,17-18H2,1-3H3,(H,30,34)/t20-/m1/s1. The molecule has 3 aromatic carbocycles. The summed E-state index contributed by atoms with van der Waals surface area (Å²) in [7, 11) is -4.18. The van der Waals surface area contributed by atoms with E-state index in [2.05, 4.69) is 5.32 Å². The van der Waals surface area contributed by atoms with Gasteiger partial charge >= 0.3 is 0 Å². The Morgan fingerprint density at radius 2 is 1.65 bits per heavy atom. The van der Waals surface area contributed by atoms with Crippen LogP contribution in [0.15, 0.2) is 77.7 Å². The average molecular weight is 563 g/mol. The average Bonchev–Trinajstić information content (AvgIpc) is 2.86. The fourth-order valence-electron chi connectivity index (χ4n) is 3.74. The predicted octanol–water partition coefficient (Wildman–Crippen LogP) is 5.05. The molecule has 196 valence electrons. The van der Waals surface area contributed by atoms with Crippen LogP contribution in [0.25, 0.3) is 0 Å². The molecule has 0 saturated carbocycles. The quantitative estimate of drug-likeness (QED) is 0.375. The van der Waals surface area contributed by atoms with Crippen molar-refractivity contribution < 1.29 is 18.0 Å². The van der Waals surface area contributed by atoms with Gasteiger partial charge in [-0.05, 0) is 62.7 Å². The van der Waals surface area contributed by atoms with Crippen LogP contribution >= 0.6 is 23.2 Å². The van der Waals surface area contributed by atoms with Crippen LogP contribution in [0.1, 0.15) is 25.0 Å². The summed E-state index contributed by atoms with van der Waals surface area (Å²) < 4.78 is 28.5. The van der Waals surface area contributed by atoms with Crippen LogP contribution in [-0.4, -0.2) is 44.3 Å². The van der Waals surface area contributed by atoms with Gasteiger partial charge in [-0.2, -0.15) is 0 Å². The highest BCUT2D eigenvalue weighted by molar-refractivity contribution is 7.92. The third-order valence-electron chi connectivity index (χ3n) is 5.77. The Hall–Kier alpha value is -3.07. The molecule has 0 radical (unpaired) electrons. The topological polar surface area (TPSA) is 86.8 Å². The number of rotatable bonds is 10. The van der Waals surface area contributed by atoms with Crippen LogP contribution in [0.3, 0.4) is 0 Å². The molecule has 0 fully saturated rings. The highest BCUT2D eigenvalue weighted by Gasteiger charge is 2.33. The Labute approximate surface area is 228 Å². The molecular weight excluding hydrogens is 533 g/mol. The normalized spacial score (nSPS) is 12.0. The van der Waals surface area contributed by atoms with E-state index in [4.69, 9.17) is 23.2 Å². The first-order valence-electron chi connectivity index (χ1n) is 11.7. The predicted molar refractivity (Wildman–Crippen MR) is 147 cm³/mol. The zero-order valence-corrected chi connectivity index (χ0v) is 23.1. The second-order valence-electron chi connectivity index (χ2n) is 8.50. The number of carbonyl (C=O) groups excluding carboxylic acids is 2. The molecule has 0 aliphatic heterocycles. The zero-order chi connectivity index (χ0) is 27.2. The molecule has 1 N–H and O–H groups in total. The third-order valence-corrected chi connectivity index (χ3v) is 8.10. The van der Waals surface area contributed by atoms with Gasteiger partial charge in [-0.3, -0.25) is 13.9 Å². The summed E-state index contributed by atoms with van der Waals surface area (Å²) in [4.78, 5) is 27.9. The maximum absolute atomic E-state index is 13.8. The van der Waals surface area contributed by atoms with E-state index in [0.717, 1.165) is 9.87 Å². The van der Waals surface area contributed by atoms with E-state index in [0.29, 0.717) is 17.1 Å². The van der Waals surface area contributed by atoms with Crippen LogP contribution in [0.5, 0.6) is 0 Å². The summed E-state index contributed by atoms with van der Waals surface area (Å²) in [6, 6.07) is 18.8. The van der Waals surface area contributed by atoms with Gasteiger partial charge in [0.15, 0.2) is 0 Å². The molecule has 0 aliphatic rings. The van der Waals surface area contributed by atoms with Crippen molar-refractivity contribution in [1.29, 1.82) is 0 Å². The van der Waals surface area contributed by atoms with Crippen LogP contribution in [0, 0.1) is 6.92 Å². The lowest BCUT2D eigenvalue weighted by Crippen LogP contribution is -2.51. The molecule has 0 aromatic heterocycles. The summed E-state index contributed by atoms with van der Waals surface area (Å²) in [5.74, 6) is -0.933. The molecule has 0 heterocycles. The van der Waals surface area contributed by atoms with E-state index in [9.17, 15) is 18.0 Å². The number of likely N-dealkylation sites (N-methyl/N-ethyl adjacent to an activating group) is 1. The molecule has 0 saturated heterocycles. The molecular formula is C27H29Cl2N3O4S. The van der Waals surface area contributed by atoms with Crippen molar-refractivity contribution in [3.8, 4) is 0 Å². The fraction of sp³-hybridized carbons (Fsp3) is 0.259. The summed E-state index contributed by atoms with van der Waals surface area (Å²) >= 11 is 12.5. The molecule has 10 heteroatoms. The van der Waals surface area contributed by atoms with Crippen molar-refractivity contribution in [3.05, 3.63) is 94.0 Å². The van der Waals surface area contributed by atoms with Crippen LogP contribution in [0.2, 0.25) is 10.0 Å². The SMILES string of the molecule is CCNC(=O)[C@@H](C)N(Cc1cccc(Cl)c1)C(=O)CN(c1ccccc1Cl)S(=O)(=O)c1ccc(C)cc1. The van der Waals surface area contributed by atoms with Crippen molar-refractivity contribution in [2.45, 2.75) is 38.3 Å². The maximum Gasteiger partial charge on any atom is 0.264 e. The molecule has 3 rings (SSSR count). The van der Waals surface area contributed by atoms with Crippen molar-refractivity contribution in [2.75, 3.05) is 17.4 Å². The number of anilines is 1. The van der Waals surface area contributed by atoms with Gasteiger partial charge in [0.2, 0.25) is 11.8 Å². The van der Waals surface area contributed by atoms with Gasteiger partial charge in [-0.25, -0.2) is 8.42 Å². The zero-order valence-electron chi connectivity index (χ0n) is 20.8. The van der Waals surface area contributed by atoms with E-state index in [-0.39, 0.29) is 28.1 Å². The number of benzene rings is 3. The number of halogens is 2. The van der Waals surface area contributed by atoms with Gasteiger partial charge in [0.1, 0.15) is 12.6 Å². The lowest BCUT2D eigenvalue weighted by molar-refractivity contribution is -0.139. The molecule has 0 aliphatic carbocycles. The number of para-hydroxylation sites is 1. The van der Waals surface area contributed by atoms with E-state index >= 15 is 0 Å². The van der Waals surface area contributed by atoms with Crippen LogP contribution in [0.4, 0.5) is 5.69 Å². The molecule has 0 unspecified atom stereocenters. The maximum atomic E-state index is 13.8. The summed E-state index contributed by atoms with van der Waals surface area (Å²) in [6.45, 7) is 5.10. The monoisotopic (exact) mass is 561 g/mol. The lowest BCUT2D eigenvalue weighted by Gasteiger charge is -2.32. The van der Waals surface area contributed by atoms with Gasteiger partial charge < -0.3 is 10.2 Å². The first-order valence-corrected chi connectivity index (χ1v) is 13.9. The number of nitrogens with zero attached hydrogens (tertiary/aromatic N) is 2. The summed E-state index contributed by atoms with van der Waals surface area (Å²) in [5.41, 5.74) is 1.75. The first-order chi connectivity index (χ1) is 17.5. The number of amides is 2. The van der Waals surface area contributed by atoms with Crippen molar-refractivity contribution >= 4 is 50.7 Å². The Balaban J connectivity index is 2.04. The second-order valence-corrected chi connectivity index (χ2v) is 11.2. The smallest absolute Gasteiger partial charge is 0.264 e. The van der Waals surface area contributed by atoms with Crippen LogP contribution < -0.4 is 9.62 Å². The van der Waals surface area contributed by atoms with Crippen LogP contribution in [-0.2, 0) is 26.2 Å². The second kappa shape index (κ2) is 12.4. The number of hydrogen-bond acceptors (Lipinski definition) is 4. The van der Waals surface area contributed by atoms with Crippen molar-refractivity contribution in [1.82, 2.24) is 10.2 Å². The minimum Gasteiger partial charge on any atom is -0.355 e. The van der Waals surface area contributed by atoms with Gasteiger partial charge in [0, 0.05) is 18.1 Å². The number of hydrogen-bond donors (Lipinski definition) is 1. The highest BCUT2D eigenvalue weighted by Crippen LogP contribution is 2.31. The third kappa shape index (κ3) is 7.03. The summed E-state index contributed by atoms with van der Waals surface area (Å²) in [6.07, 6.45) is 0. The van der Waals surface area contributed by atoms with Gasteiger partial charge in [0.05, 0.1) is 15.6 Å². The van der Waals surface area contributed by atoms with E-state index in [1.165, 1.54) is 23.1 Å². The summed E-state index contributed by atoms with van der Waals surface area (Å²) in [5, 5.41) is 3.37. The Kier molecular flexibility index (Phi) is 9.59. The fourth-order valence-corrected chi connectivity index (χ4v) is 5.68. The van der Waals surface area contributed by atoms with Gasteiger partial charge in [-0.15, -0.1) is 0 Å². The molecule has 37 heavy (non-hydrogen) atoms. The molecule has 0 bridgehead atoms. The lowest BCUT2D eigenvalue weighted by atomic mass is 10.1. The highest BCUT2D eigenvalue weighted by atomic mass is 35.5. The van der Waals surface area contributed by atoms with E-state index < -0.39 is 28.5 Å². The number of nitrogens with one attached hydrogen (secondary N) is 1. The Morgan fingerprint density at radius 1 is 0.973 bits per heavy atom. The Morgan fingerprint density at radius 3 is 2.27 bits per heavy atom. The Bertz CT molecular complexity index is 1360. The largest absolute Gasteiger partial charge is 0.355 e. The molecule has 2 amide bonds. The molecule has 7 nitrogen and oxygen atoms in total.